The van der Waals surface area contributed by atoms with Gasteiger partial charge in [-0.15, -0.1) is 0 Å². The Kier molecular flexibility index (Phi) is 4.65. The lowest BCUT2D eigenvalue weighted by atomic mass is 10.1. The summed E-state index contributed by atoms with van der Waals surface area (Å²) in [5.74, 6) is -2.02. The van der Waals surface area contributed by atoms with Gasteiger partial charge in [0.15, 0.2) is 0 Å². The fourth-order valence-corrected chi connectivity index (χ4v) is 2.13. The number of rotatable bonds is 5. The molecule has 2 aromatic carbocycles. The molecule has 0 atom stereocenters. The molecule has 1 N–H and O–H groups in total. The second-order valence-electron chi connectivity index (χ2n) is 4.95. The molecule has 0 fully saturated rings. The first-order valence-electron chi connectivity index (χ1n) is 6.40. The van der Waals surface area contributed by atoms with E-state index in [0.29, 0.717) is 18.7 Å². The minimum absolute atomic E-state index is 0.0693. The lowest BCUT2D eigenvalue weighted by molar-refractivity contribution is 0.0696. The van der Waals surface area contributed by atoms with Crippen LogP contribution < -0.4 is 0 Å². The molecule has 0 amide bonds. The van der Waals surface area contributed by atoms with Crippen molar-refractivity contribution in [1.29, 1.82) is 0 Å². The molecule has 3 nitrogen and oxygen atoms in total. The standard InChI is InChI=1S/C16H15F2NO2/c1-19(9-11-2-4-14(17)5-3-11)10-12-6-13(16(20)21)8-15(18)7-12/h2-8H,9-10H2,1H3,(H,20,21). The van der Waals surface area contributed by atoms with E-state index in [1.165, 1.54) is 24.3 Å². The number of carboxylic acid groups (broad SMARTS) is 1. The highest BCUT2D eigenvalue weighted by atomic mass is 19.1. The fourth-order valence-electron chi connectivity index (χ4n) is 2.13. The molecular weight excluding hydrogens is 276 g/mol. The van der Waals surface area contributed by atoms with Gasteiger partial charge in [-0.25, -0.2) is 13.6 Å². The van der Waals surface area contributed by atoms with E-state index in [1.54, 1.807) is 12.1 Å². The number of nitrogens with zero attached hydrogens (tertiary/aromatic N) is 1. The molecule has 2 rings (SSSR count). The maximum Gasteiger partial charge on any atom is 0.335 e. The van der Waals surface area contributed by atoms with Gasteiger partial charge in [-0.05, 0) is 48.5 Å². The van der Waals surface area contributed by atoms with E-state index >= 15 is 0 Å². The molecule has 0 aliphatic rings. The first-order chi connectivity index (χ1) is 9.94. The third kappa shape index (κ3) is 4.36. The second kappa shape index (κ2) is 6.45. The monoisotopic (exact) mass is 291 g/mol. The zero-order valence-corrected chi connectivity index (χ0v) is 11.5. The van der Waals surface area contributed by atoms with Crippen molar-refractivity contribution in [1.82, 2.24) is 4.90 Å². The number of benzene rings is 2. The second-order valence-corrected chi connectivity index (χ2v) is 4.95. The summed E-state index contributed by atoms with van der Waals surface area (Å²) in [5, 5.41) is 8.91. The maximum atomic E-state index is 13.4. The normalized spacial score (nSPS) is 10.9. The summed E-state index contributed by atoms with van der Waals surface area (Å²) in [6.07, 6.45) is 0. The smallest absolute Gasteiger partial charge is 0.335 e. The van der Waals surface area contributed by atoms with Gasteiger partial charge in [0.1, 0.15) is 11.6 Å². The zero-order chi connectivity index (χ0) is 15.4. The van der Waals surface area contributed by atoms with Crippen LogP contribution in [-0.2, 0) is 13.1 Å². The lowest BCUT2D eigenvalue weighted by Gasteiger charge is -2.17. The van der Waals surface area contributed by atoms with Crippen molar-refractivity contribution in [2.75, 3.05) is 7.05 Å². The van der Waals surface area contributed by atoms with Gasteiger partial charge >= 0.3 is 5.97 Å². The Bertz CT molecular complexity index is 641. The minimum atomic E-state index is -1.16. The highest BCUT2D eigenvalue weighted by Crippen LogP contribution is 2.13. The lowest BCUT2D eigenvalue weighted by Crippen LogP contribution is -2.17. The Morgan fingerprint density at radius 1 is 1.00 bits per heavy atom. The summed E-state index contributed by atoms with van der Waals surface area (Å²) in [6, 6.07) is 9.88. The molecule has 21 heavy (non-hydrogen) atoms. The number of carbonyl (C=O) groups is 1. The van der Waals surface area contributed by atoms with Crippen LogP contribution in [0.5, 0.6) is 0 Å². The third-order valence-corrected chi connectivity index (χ3v) is 3.02. The van der Waals surface area contributed by atoms with Crippen LogP contribution in [0.1, 0.15) is 21.5 Å². The third-order valence-electron chi connectivity index (χ3n) is 3.02. The molecule has 0 bridgehead atoms. The summed E-state index contributed by atoms with van der Waals surface area (Å²) in [4.78, 5) is 12.8. The largest absolute Gasteiger partial charge is 0.478 e. The van der Waals surface area contributed by atoms with Crippen LogP contribution in [0.2, 0.25) is 0 Å². The van der Waals surface area contributed by atoms with Gasteiger partial charge in [0.05, 0.1) is 5.56 Å². The molecule has 2 aromatic rings. The summed E-state index contributed by atoms with van der Waals surface area (Å²) in [6.45, 7) is 0.953. The first kappa shape index (κ1) is 15.1. The van der Waals surface area contributed by atoms with Gasteiger partial charge in [-0.2, -0.15) is 0 Å². The predicted molar refractivity (Wildman–Crippen MR) is 74.9 cm³/mol. The van der Waals surface area contributed by atoms with E-state index < -0.39 is 11.8 Å². The number of carboxylic acids is 1. The molecule has 0 unspecified atom stereocenters. The number of aromatic carboxylic acids is 1. The van der Waals surface area contributed by atoms with Crippen LogP contribution in [0, 0.1) is 11.6 Å². The molecule has 0 saturated heterocycles. The molecule has 110 valence electrons. The number of halogens is 2. The van der Waals surface area contributed by atoms with Crippen LogP contribution in [0.15, 0.2) is 42.5 Å². The first-order valence-corrected chi connectivity index (χ1v) is 6.40. The van der Waals surface area contributed by atoms with Crippen molar-refractivity contribution in [2.24, 2.45) is 0 Å². The number of hydrogen-bond acceptors (Lipinski definition) is 2. The summed E-state index contributed by atoms with van der Waals surface area (Å²) >= 11 is 0. The van der Waals surface area contributed by atoms with E-state index in [9.17, 15) is 13.6 Å². The van der Waals surface area contributed by atoms with Gasteiger partial charge < -0.3 is 5.11 Å². The van der Waals surface area contributed by atoms with E-state index in [4.69, 9.17) is 5.11 Å². The van der Waals surface area contributed by atoms with Gasteiger partial charge in [0.2, 0.25) is 0 Å². The quantitative estimate of drug-likeness (QED) is 0.919. The van der Waals surface area contributed by atoms with Crippen molar-refractivity contribution < 1.29 is 18.7 Å². The van der Waals surface area contributed by atoms with E-state index in [0.717, 1.165) is 11.6 Å². The summed E-state index contributed by atoms with van der Waals surface area (Å²) < 4.78 is 26.2. The van der Waals surface area contributed by atoms with Gasteiger partial charge in [-0.3, -0.25) is 4.90 Å². The molecule has 0 radical (unpaired) electrons. The molecule has 0 heterocycles. The Balaban J connectivity index is 2.07. The molecule has 0 saturated carbocycles. The number of hydrogen-bond donors (Lipinski definition) is 1. The topological polar surface area (TPSA) is 40.5 Å². The van der Waals surface area contributed by atoms with Crippen molar-refractivity contribution in [2.45, 2.75) is 13.1 Å². The van der Waals surface area contributed by atoms with Crippen LogP contribution in [0.3, 0.4) is 0 Å². The van der Waals surface area contributed by atoms with Crippen molar-refractivity contribution in [3.8, 4) is 0 Å². The van der Waals surface area contributed by atoms with Crippen molar-refractivity contribution >= 4 is 5.97 Å². The van der Waals surface area contributed by atoms with Gasteiger partial charge in [0.25, 0.3) is 0 Å². The highest BCUT2D eigenvalue weighted by molar-refractivity contribution is 5.87. The molecule has 0 aromatic heterocycles. The van der Waals surface area contributed by atoms with E-state index in [1.807, 2.05) is 11.9 Å². The van der Waals surface area contributed by atoms with Crippen molar-refractivity contribution in [3.05, 3.63) is 70.8 Å². The van der Waals surface area contributed by atoms with Crippen LogP contribution in [-0.4, -0.2) is 23.0 Å². The summed E-state index contributed by atoms with van der Waals surface area (Å²) in [5.41, 5.74) is 1.44. The summed E-state index contributed by atoms with van der Waals surface area (Å²) in [7, 11) is 1.83. The fraction of sp³-hybridized carbons (Fsp3) is 0.188. The van der Waals surface area contributed by atoms with Crippen LogP contribution in [0.25, 0.3) is 0 Å². The maximum absolute atomic E-state index is 13.4. The van der Waals surface area contributed by atoms with Gasteiger partial charge in [0, 0.05) is 13.1 Å². The molecule has 0 spiro atoms. The zero-order valence-electron chi connectivity index (χ0n) is 11.5. The molecule has 0 aliphatic heterocycles. The molecule has 5 heteroatoms. The molecular formula is C16H15F2NO2. The molecule has 0 aliphatic carbocycles. The highest BCUT2D eigenvalue weighted by Gasteiger charge is 2.09. The average Bonchev–Trinajstić information content (AvgIpc) is 2.40. The van der Waals surface area contributed by atoms with Gasteiger partial charge in [-0.1, -0.05) is 12.1 Å². The van der Waals surface area contributed by atoms with E-state index in [2.05, 4.69) is 0 Å². The Morgan fingerprint density at radius 2 is 1.62 bits per heavy atom. The SMILES string of the molecule is CN(Cc1ccc(F)cc1)Cc1cc(F)cc(C(=O)O)c1. The average molecular weight is 291 g/mol. The minimum Gasteiger partial charge on any atom is -0.478 e. The van der Waals surface area contributed by atoms with Crippen LogP contribution in [0.4, 0.5) is 8.78 Å². The Morgan fingerprint density at radius 3 is 2.24 bits per heavy atom. The van der Waals surface area contributed by atoms with Crippen LogP contribution >= 0.6 is 0 Å². The Labute approximate surface area is 121 Å². The van der Waals surface area contributed by atoms with Crippen molar-refractivity contribution in [3.63, 3.8) is 0 Å². The Hall–Kier alpha value is -2.27. The van der Waals surface area contributed by atoms with E-state index in [-0.39, 0.29) is 11.4 Å². The predicted octanol–water partition coefficient (Wildman–Crippen LogP) is 3.30.